The zero-order valence-corrected chi connectivity index (χ0v) is 15.8. The number of likely N-dealkylation sites (N-methyl/N-ethyl adjacent to an activating group) is 1. The molecule has 0 unspecified atom stereocenters. The molecule has 1 amide bonds. The second kappa shape index (κ2) is 9.28. The lowest BCUT2D eigenvalue weighted by atomic mass is 10.0. The van der Waals surface area contributed by atoms with Crippen LogP contribution in [-0.4, -0.2) is 67.3 Å². The molecule has 1 aliphatic heterocycles. The van der Waals surface area contributed by atoms with Crippen LogP contribution < -0.4 is 5.32 Å². The van der Waals surface area contributed by atoms with E-state index in [4.69, 9.17) is 4.74 Å². The molecule has 1 N–H and O–H groups in total. The monoisotopic (exact) mass is 325 g/mol. The van der Waals surface area contributed by atoms with Gasteiger partial charge in [-0.25, -0.2) is 4.79 Å². The molecule has 0 atom stereocenters. The third-order valence-electron chi connectivity index (χ3n) is 3.93. The minimum atomic E-state index is -0.434. The van der Waals surface area contributed by atoms with Crippen molar-refractivity contribution in [3.8, 4) is 0 Å². The average Bonchev–Trinajstić information content (AvgIpc) is 2.44. The summed E-state index contributed by atoms with van der Waals surface area (Å²) in [6, 6.07) is 0.560. The number of carbonyl (C=O) groups excluding carboxylic acids is 1. The zero-order valence-electron chi connectivity index (χ0n) is 15.8. The van der Waals surface area contributed by atoms with Gasteiger partial charge in [0, 0.05) is 32.7 Å². The SMILES string of the molecule is CC(C)=CCN1CCC(NCCN(C)C(=O)OC(C)(C)C)CC1. The van der Waals surface area contributed by atoms with Gasteiger partial charge in [0.2, 0.25) is 0 Å². The van der Waals surface area contributed by atoms with Crippen molar-refractivity contribution in [2.45, 2.75) is 59.1 Å². The Morgan fingerprint density at radius 3 is 2.43 bits per heavy atom. The number of hydrogen-bond acceptors (Lipinski definition) is 4. The van der Waals surface area contributed by atoms with E-state index in [1.807, 2.05) is 20.8 Å². The topological polar surface area (TPSA) is 44.8 Å². The van der Waals surface area contributed by atoms with Crippen LogP contribution in [0.3, 0.4) is 0 Å². The Balaban J connectivity index is 2.18. The van der Waals surface area contributed by atoms with E-state index >= 15 is 0 Å². The minimum absolute atomic E-state index is 0.254. The van der Waals surface area contributed by atoms with Gasteiger partial charge in [-0.05, 0) is 60.5 Å². The number of likely N-dealkylation sites (tertiary alicyclic amines) is 1. The molecule has 1 heterocycles. The van der Waals surface area contributed by atoms with Gasteiger partial charge in [-0.15, -0.1) is 0 Å². The molecule has 134 valence electrons. The minimum Gasteiger partial charge on any atom is -0.444 e. The van der Waals surface area contributed by atoms with Crippen LogP contribution in [0.1, 0.15) is 47.5 Å². The fourth-order valence-electron chi connectivity index (χ4n) is 2.50. The Bertz CT molecular complexity index is 390. The Kier molecular flexibility index (Phi) is 8.06. The molecule has 0 bridgehead atoms. The highest BCUT2D eigenvalue weighted by Crippen LogP contribution is 2.11. The molecule has 0 saturated carbocycles. The molecule has 0 aromatic carbocycles. The van der Waals surface area contributed by atoms with Crippen molar-refractivity contribution in [3.63, 3.8) is 0 Å². The summed E-state index contributed by atoms with van der Waals surface area (Å²) in [6.45, 7) is 14.8. The zero-order chi connectivity index (χ0) is 17.5. The second-order valence-corrected chi connectivity index (χ2v) is 7.71. The summed E-state index contributed by atoms with van der Waals surface area (Å²) in [5.74, 6) is 0. The summed E-state index contributed by atoms with van der Waals surface area (Å²) >= 11 is 0. The molecule has 0 aromatic rings. The highest BCUT2D eigenvalue weighted by atomic mass is 16.6. The maximum Gasteiger partial charge on any atom is 0.410 e. The first-order chi connectivity index (χ1) is 10.7. The van der Waals surface area contributed by atoms with Crippen LogP contribution in [0.5, 0.6) is 0 Å². The quantitative estimate of drug-likeness (QED) is 0.763. The van der Waals surface area contributed by atoms with Crippen molar-refractivity contribution in [1.82, 2.24) is 15.1 Å². The Morgan fingerprint density at radius 2 is 1.91 bits per heavy atom. The average molecular weight is 325 g/mol. The van der Waals surface area contributed by atoms with Gasteiger partial charge in [-0.3, -0.25) is 4.90 Å². The summed E-state index contributed by atoms with van der Waals surface area (Å²) in [7, 11) is 1.79. The summed E-state index contributed by atoms with van der Waals surface area (Å²) in [4.78, 5) is 16.0. The number of allylic oxidation sites excluding steroid dienone is 1. The van der Waals surface area contributed by atoms with E-state index in [0.717, 1.165) is 26.2 Å². The number of amides is 1. The lowest BCUT2D eigenvalue weighted by Gasteiger charge is -2.32. The number of piperidine rings is 1. The van der Waals surface area contributed by atoms with Crippen LogP contribution in [0.2, 0.25) is 0 Å². The molecular formula is C18H35N3O2. The largest absolute Gasteiger partial charge is 0.444 e. The molecule has 5 heteroatoms. The van der Waals surface area contributed by atoms with E-state index in [1.165, 1.54) is 18.4 Å². The van der Waals surface area contributed by atoms with Gasteiger partial charge in [0.15, 0.2) is 0 Å². The van der Waals surface area contributed by atoms with Crippen LogP contribution >= 0.6 is 0 Å². The molecule has 1 aliphatic rings. The number of nitrogens with one attached hydrogen (secondary N) is 1. The van der Waals surface area contributed by atoms with Crippen LogP contribution in [-0.2, 0) is 4.74 Å². The number of carbonyl (C=O) groups is 1. The van der Waals surface area contributed by atoms with Gasteiger partial charge < -0.3 is 15.0 Å². The molecule has 1 saturated heterocycles. The predicted molar refractivity (Wildman–Crippen MR) is 95.8 cm³/mol. The maximum absolute atomic E-state index is 11.9. The van der Waals surface area contributed by atoms with Crippen LogP contribution in [0.15, 0.2) is 11.6 Å². The van der Waals surface area contributed by atoms with Crippen LogP contribution in [0.25, 0.3) is 0 Å². The second-order valence-electron chi connectivity index (χ2n) is 7.71. The van der Waals surface area contributed by atoms with Crippen molar-refractivity contribution in [2.24, 2.45) is 0 Å². The number of ether oxygens (including phenoxy) is 1. The Labute approximate surface area is 142 Å². The Morgan fingerprint density at radius 1 is 1.30 bits per heavy atom. The highest BCUT2D eigenvalue weighted by Gasteiger charge is 2.20. The van der Waals surface area contributed by atoms with Gasteiger partial charge in [0.05, 0.1) is 0 Å². The first-order valence-corrected chi connectivity index (χ1v) is 8.70. The fraction of sp³-hybridized carbons (Fsp3) is 0.833. The van der Waals surface area contributed by atoms with Crippen molar-refractivity contribution in [2.75, 3.05) is 39.8 Å². The van der Waals surface area contributed by atoms with Gasteiger partial charge in [-0.2, -0.15) is 0 Å². The molecule has 5 nitrogen and oxygen atoms in total. The van der Waals surface area contributed by atoms with Crippen molar-refractivity contribution in [1.29, 1.82) is 0 Å². The Hall–Kier alpha value is -1.07. The summed E-state index contributed by atoms with van der Waals surface area (Å²) in [5.41, 5.74) is 0.951. The summed E-state index contributed by atoms with van der Waals surface area (Å²) in [5, 5.41) is 3.56. The van der Waals surface area contributed by atoms with E-state index in [-0.39, 0.29) is 6.09 Å². The molecule has 0 radical (unpaired) electrons. The number of rotatable bonds is 6. The van der Waals surface area contributed by atoms with Crippen molar-refractivity contribution < 1.29 is 9.53 Å². The lowest BCUT2D eigenvalue weighted by molar-refractivity contribution is 0.0298. The standard InChI is InChI=1S/C18H35N3O2/c1-15(2)7-11-21-12-8-16(9-13-21)19-10-14-20(6)17(22)23-18(3,4)5/h7,16,19H,8-14H2,1-6H3. The summed E-state index contributed by atoms with van der Waals surface area (Å²) in [6.07, 6.45) is 4.39. The molecule has 0 spiro atoms. The maximum atomic E-state index is 11.9. The third-order valence-corrected chi connectivity index (χ3v) is 3.93. The molecule has 1 fully saturated rings. The lowest BCUT2D eigenvalue weighted by Crippen LogP contribution is -2.45. The predicted octanol–water partition coefficient (Wildman–Crippen LogP) is 2.87. The number of hydrogen-bond donors (Lipinski definition) is 1. The smallest absolute Gasteiger partial charge is 0.410 e. The molecule has 1 rings (SSSR count). The number of nitrogens with zero attached hydrogens (tertiary/aromatic N) is 2. The summed E-state index contributed by atoms with van der Waals surface area (Å²) < 4.78 is 5.35. The van der Waals surface area contributed by atoms with Crippen LogP contribution in [0.4, 0.5) is 4.79 Å². The van der Waals surface area contributed by atoms with Crippen LogP contribution in [0, 0.1) is 0 Å². The highest BCUT2D eigenvalue weighted by molar-refractivity contribution is 5.67. The van der Waals surface area contributed by atoms with Gasteiger partial charge in [0.1, 0.15) is 5.60 Å². The molecule has 23 heavy (non-hydrogen) atoms. The van der Waals surface area contributed by atoms with E-state index < -0.39 is 5.60 Å². The van der Waals surface area contributed by atoms with Gasteiger partial charge in [0.25, 0.3) is 0 Å². The van der Waals surface area contributed by atoms with Crippen molar-refractivity contribution in [3.05, 3.63) is 11.6 Å². The van der Waals surface area contributed by atoms with Crippen molar-refractivity contribution >= 4 is 6.09 Å². The van der Waals surface area contributed by atoms with E-state index in [0.29, 0.717) is 12.6 Å². The van der Waals surface area contributed by atoms with Gasteiger partial charge in [-0.1, -0.05) is 11.6 Å². The molecule has 0 aromatic heterocycles. The fourth-order valence-corrected chi connectivity index (χ4v) is 2.50. The molecule has 0 aliphatic carbocycles. The first-order valence-electron chi connectivity index (χ1n) is 8.70. The van der Waals surface area contributed by atoms with E-state index in [1.54, 1.807) is 11.9 Å². The van der Waals surface area contributed by atoms with E-state index in [2.05, 4.69) is 30.1 Å². The normalized spacial score (nSPS) is 17.0. The van der Waals surface area contributed by atoms with Gasteiger partial charge >= 0.3 is 6.09 Å². The molecular weight excluding hydrogens is 290 g/mol. The van der Waals surface area contributed by atoms with E-state index in [9.17, 15) is 4.79 Å². The first kappa shape index (κ1) is 20.0. The third kappa shape index (κ3) is 8.96.